The molecule has 2 amide bonds. The van der Waals surface area contributed by atoms with Crippen molar-refractivity contribution in [3.63, 3.8) is 0 Å². The quantitative estimate of drug-likeness (QED) is 0.633. The molecule has 5 nitrogen and oxygen atoms in total. The molecule has 6 heteroatoms. The zero-order valence-electron chi connectivity index (χ0n) is 18.3. The molecule has 0 aliphatic heterocycles. The predicted molar refractivity (Wildman–Crippen MR) is 123 cm³/mol. The Hall–Kier alpha value is -2.53. The van der Waals surface area contributed by atoms with Crippen molar-refractivity contribution in [3.05, 3.63) is 64.7 Å². The molecule has 0 radical (unpaired) electrons. The molecule has 0 spiro atoms. The second kappa shape index (κ2) is 11.2. The number of halogens is 1. The third-order valence-electron chi connectivity index (χ3n) is 5.81. The van der Waals surface area contributed by atoms with E-state index in [1.807, 2.05) is 49.4 Å². The van der Waals surface area contributed by atoms with E-state index < -0.39 is 6.04 Å². The van der Waals surface area contributed by atoms with E-state index in [9.17, 15) is 9.59 Å². The highest BCUT2D eigenvalue weighted by atomic mass is 35.5. The molecule has 1 aliphatic carbocycles. The Morgan fingerprint density at radius 1 is 1.13 bits per heavy atom. The van der Waals surface area contributed by atoms with Crippen LogP contribution in [0.5, 0.6) is 5.75 Å². The average Bonchev–Trinajstić information content (AvgIpc) is 2.77. The minimum atomic E-state index is -0.617. The molecule has 3 rings (SSSR count). The highest BCUT2D eigenvalue weighted by molar-refractivity contribution is 6.30. The van der Waals surface area contributed by atoms with E-state index in [0.29, 0.717) is 10.8 Å². The molecule has 1 N–H and O–H groups in total. The molecule has 166 valence electrons. The Morgan fingerprint density at radius 3 is 2.58 bits per heavy atom. The van der Waals surface area contributed by atoms with E-state index in [-0.39, 0.29) is 31.0 Å². The third kappa shape index (κ3) is 6.73. The van der Waals surface area contributed by atoms with Gasteiger partial charge in [-0.3, -0.25) is 9.59 Å². The molecule has 0 aromatic heterocycles. The Balaban J connectivity index is 1.71. The maximum atomic E-state index is 13.1. The van der Waals surface area contributed by atoms with Gasteiger partial charge in [0.2, 0.25) is 5.91 Å². The summed E-state index contributed by atoms with van der Waals surface area (Å²) in [6.45, 7) is 3.86. The van der Waals surface area contributed by atoms with E-state index in [4.69, 9.17) is 16.3 Å². The number of amides is 2. The number of hydrogen-bond donors (Lipinski definition) is 1. The van der Waals surface area contributed by atoms with Crippen LogP contribution >= 0.6 is 11.6 Å². The van der Waals surface area contributed by atoms with Crippen LogP contribution in [0.3, 0.4) is 0 Å². The minimum absolute atomic E-state index is 0.127. The first-order valence-corrected chi connectivity index (χ1v) is 11.3. The summed E-state index contributed by atoms with van der Waals surface area (Å²) in [7, 11) is 0. The lowest BCUT2D eigenvalue weighted by atomic mass is 9.95. The Morgan fingerprint density at radius 2 is 1.87 bits per heavy atom. The highest BCUT2D eigenvalue weighted by Crippen LogP contribution is 2.20. The van der Waals surface area contributed by atoms with E-state index >= 15 is 0 Å². The Labute approximate surface area is 189 Å². The van der Waals surface area contributed by atoms with Crippen LogP contribution in [0.15, 0.2) is 48.5 Å². The van der Waals surface area contributed by atoms with Gasteiger partial charge in [-0.05, 0) is 56.0 Å². The molecule has 0 unspecified atom stereocenters. The second-order valence-corrected chi connectivity index (χ2v) is 8.66. The maximum absolute atomic E-state index is 13.1. The number of hydrogen-bond acceptors (Lipinski definition) is 3. The van der Waals surface area contributed by atoms with Crippen LogP contribution < -0.4 is 10.1 Å². The molecular formula is C25H31ClN2O3. The molecule has 0 heterocycles. The zero-order valence-corrected chi connectivity index (χ0v) is 19.0. The summed E-state index contributed by atoms with van der Waals surface area (Å²) in [5.74, 6) is 0.297. The van der Waals surface area contributed by atoms with Gasteiger partial charge in [0.05, 0.1) is 0 Å². The van der Waals surface area contributed by atoms with Gasteiger partial charge < -0.3 is 15.0 Å². The van der Waals surface area contributed by atoms with Gasteiger partial charge in [0.15, 0.2) is 6.61 Å². The summed E-state index contributed by atoms with van der Waals surface area (Å²) < 4.78 is 5.77. The standard InChI is InChI=1S/C25H31ClN2O3/c1-18-9-6-7-14-23(18)31-17-24(29)28(16-20-10-8-11-21(26)15-20)19(2)25(30)27-22-12-4-3-5-13-22/h6-11,14-15,19,22H,3-5,12-13,16-17H2,1-2H3,(H,27,30)/t19-/m1/s1. The van der Waals surface area contributed by atoms with E-state index in [1.54, 1.807) is 17.9 Å². The van der Waals surface area contributed by atoms with Gasteiger partial charge in [-0.25, -0.2) is 0 Å². The molecule has 1 fully saturated rings. The molecule has 1 aliphatic rings. The summed E-state index contributed by atoms with van der Waals surface area (Å²) in [6.07, 6.45) is 5.48. The maximum Gasteiger partial charge on any atom is 0.261 e. The number of benzene rings is 2. The zero-order chi connectivity index (χ0) is 22.2. The van der Waals surface area contributed by atoms with Gasteiger partial charge in [-0.15, -0.1) is 0 Å². The molecule has 0 saturated heterocycles. The van der Waals surface area contributed by atoms with E-state index in [1.165, 1.54) is 6.42 Å². The summed E-state index contributed by atoms with van der Waals surface area (Å²) in [5, 5.41) is 3.73. The Bertz CT molecular complexity index is 896. The van der Waals surface area contributed by atoms with Crippen molar-refractivity contribution in [2.75, 3.05) is 6.61 Å². The van der Waals surface area contributed by atoms with Crippen molar-refractivity contribution in [2.24, 2.45) is 0 Å². The van der Waals surface area contributed by atoms with Crippen molar-refractivity contribution in [3.8, 4) is 5.75 Å². The monoisotopic (exact) mass is 442 g/mol. The molecule has 1 saturated carbocycles. The van der Waals surface area contributed by atoms with Gasteiger partial charge in [0.25, 0.3) is 5.91 Å². The van der Waals surface area contributed by atoms with Gasteiger partial charge in [-0.1, -0.05) is 61.2 Å². The highest BCUT2D eigenvalue weighted by Gasteiger charge is 2.28. The van der Waals surface area contributed by atoms with Crippen LogP contribution in [0.1, 0.15) is 50.2 Å². The smallest absolute Gasteiger partial charge is 0.261 e. The Kier molecular flexibility index (Phi) is 8.35. The van der Waals surface area contributed by atoms with Crippen LogP contribution in [0, 0.1) is 6.92 Å². The fourth-order valence-corrected chi connectivity index (χ4v) is 4.14. The fourth-order valence-electron chi connectivity index (χ4n) is 3.92. The normalized spacial score (nSPS) is 15.2. The minimum Gasteiger partial charge on any atom is -0.484 e. The van der Waals surface area contributed by atoms with Crippen molar-refractivity contribution >= 4 is 23.4 Å². The number of aryl methyl sites for hydroxylation is 1. The summed E-state index contributed by atoms with van der Waals surface area (Å²) in [5.41, 5.74) is 1.83. The molecule has 0 bridgehead atoms. The van der Waals surface area contributed by atoms with Crippen molar-refractivity contribution in [2.45, 2.75) is 64.6 Å². The number of carbonyl (C=O) groups excluding carboxylic acids is 2. The molecule has 2 aromatic rings. The topological polar surface area (TPSA) is 58.6 Å². The first kappa shape index (κ1) is 23.1. The number of rotatable bonds is 8. The third-order valence-corrected chi connectivity index (χ3v) is 6.04. The lowest BCUT2D eigenvalue weighted by Gasteiger charge is -2.31. The molecule has 2 aromatic carbocycles. The summed E-state index contributed by atoms with van der Waals surface area (Å²) >= 11 is 6.13. The average molecular weight is 443 g/mol. The van der Waals surface area contributed by atoms with Crippen molar-refractivity contribution < 1.29 is 14.3 Å². The predicted octanol–water partition coefficient (Wildman–Crippen LogP) is 4.89. The number of nitrogens with zero attached hydrogens (tertiary/aromatic N) is 1. The van der Waals surface area contributed by atoms with Crippen molar-refractivity contribution in [1.82, 2.24) is 10.2 Å². The molecule has 1 atom stereocenters. The largest absolute Gasteiger partial charge is 0.484 e. The molecule has 31 heavy (non-hydrogen) atoms. The van der Waals surface area contributed by atoms with E-state index in [0.717, 1.165) is 36.8 Å². The van der Waals surface area contributed by atoms with Gasteiger partial charge in [-0.2, -0.15) is 0 Å². The van der Waals surface area contributed by atoms with Crippen LogP contribution in [0.25, 0.3) is 0 Å². The number of ether oxygens (including phenoxy) is 1. The number of para-hydroxylation sites is 1. The van der Waals surface area contributed by atoms with Gasteiger partial charge in [0, 0.05) is 17.6 Å². The van der Waals surface area contributed by atoms with Crippen LogP contribution in [-0.2, 0) is 16.1 Å². The lowest BCUT2D eigenvalue weighted by Crippen LogP contribution is -2.51. The van der Waals surface area contributed by atoms with Crippen LogP contribution in [0.4, 0.5) is 0 Å². The number of carbonyl (C=O) groups is 2. The second-order valence-electron chi connectivity index (χ2n) is 8.23. The van der Waals surface area contributed by atoms with Crippen molar-refractivity contribution in [1.29, 1.82) is 0 Å². The van der Waals surface area contributed by atoms with E-state index in [2.05, 4.69) is 5.32 Å². The van der Waals surface area contributed by atoms with Gasteiger partial charge >= 0.3 is 0 Å². The van der Waals surface area contributed by atoms with Crippen LogP contribution in [0.2, 0.25) is 5.02 Å². The first-order valence-electron chi connectivity index (χ1n) is 11.0. The SMILES string of the molecule is Cc1ccccc1OCC(=O)N(Cc1cccc(Cl)c1)[C@H](C)C(=O)NC1CCCCC1. The van der Waals surface area contributed by atoms with Crippen LogP contribution in [-0.4, -0.2) is 35.4 Å². The fraction of sp³-hybridized carbons (Fsp3) is 0.440. The first-order chi connectivity index (χ1) is 14.9. The summed E-state index contributed by atoms with van der Waals surface area (Å²) in [4.78, 5) is 27.7. The van der Waals surface area contributed by atoms with Gasteiger partial charge in [0.1, 0.15) is 11.8 Å². The summed E-state index contributed by atoms with van der Waals surface area (Å²) in [6, 6.07) is 14.5. The number of nitrogens with one attached hydrogen (secondary N) is 1. The molecular weight excluding hydrogens is 412 g/mol. The lowest BCUT2D eigenvalue weighted by molar-refractivity contribution is -0.142.